The maximum absolute atomic E-state index is 12.7. The molecule has 0 unspecified atom stereocenters. The second kappa shape index (κ2) is 8.77. The maximum atomic E-state index is 12.7. The molecule has 0 saturated carbocycles. The van der Waals surface area contributed by atoms with E-state index < -0.39 is 4.92 Å². The number of amides is 1. The van der Waals surface area contributed by atoms with Crippen LogP contribution in [0, 0.1) is 10.1 Å². The summed E-state index contributed by atoms with van der Waals surface area (Å²) in [5.74, 6) is -0.333. The van der Waals surface area contributed by atoms with Crippen molar-refractivity contribution >= 4 is 17.3 Å². The smallest absolute Gasteiger partial charge is 0.293 e. The maximum Gasteiger partial charge on any atom is 0.293 e. The minimum atomic E-state index is -0.413. The van der Waals surface area contributed by atoms with Crippen LogP contribution in [0.1, 0.15) is 34.3 Å². The Morgan fingerprint density at radius 3 is 2.57 bits per heavy atom. The zero-order valence-electron chi connectivity index (χ0n) is 16.5. The van der Waals surface area contributed by atoms with Crippen LogP contribution >= 0.6 is 0 Å². The molecule has 0 spiro atoms. The molecule has 8 heteroatoms. The summed E-state index contributed by atoms with van der Waals surface area (Å²) in [6, 6.07) is 14.4. The number of aromatic nitrogens is 2. The van der Waals surface area contributed by atoms with Gasteiger partial charge in [0.2, 0.25) is 0 Å². The van der Waals surface area contributed by atoms with Crippen LogP contribution in [-0.4, -0.2) is 33.7 Å². The molecule has 1 aliphatic rings. The summed E-state index contributed by atoms with van der Waals surface area (Å²) in [7, 11) is 0. The molecule has 1 fully saturated rings. The fourth-order valence-electron chi connectivity index (χ4n) is 3.77. The lowest BCUT2D eigenvalue weighted by atomic mass is 10.1. The molecule has 1 saturated heterocycles. The predicted octanol–water partition coefficient (Wildman–Crippen LogP) is 3.37. The van der Waals surface area contributed by atoms with Gasteiger partial charge in [-0.3, -0.25) is 19.6 Å². The molecule has 1 amide bonds. The van der Waals surface area contributed by atoms with Crippen molar-refractivity contribution in [3.8, 4) is 0 Å². The van der Waals surface area contributed by atoms with Gasteiger partial charge in [0.25, 0.3) is 11.6 Å². The Labute approximate surface area is 174 Å². The van der Waals surface area contributed by atoms with Gasteiger partial charge >= 0.3 is 0 Å². The highest BCUT2D eigenvalue weighted by atomic mass is 16.6. The van der Waals surface area contributed by atoms with Gasteiger partial charge in [0, 0.05) is 43.7 Å². The lowest BCUT2D eigenvalue weighted by Gasteiger charge is -2.18. The van der Waals surface area contributed by atoms with Crippen molar-refractivity contribution in [2.45, 2.75) is 25.9 Å². The summed E-state index contributed by atoms with van der Waals surface area (Å²) in [5, 5.41) is 18.7. The van der Waals surface area contributed by atoms with Gasteiger partial charge in [-0.15, -0.1) is 0 Å². The highest BCUT2D eigenvalue weighted by Crippen LogP contribution is 2.31. The van der Waals surface area contributed by atoms with Crippen molar-refractivity contribution in [2.24, 2.45) is 0 Å². The third-order valence-corrected chi connectivity index (χ3v) is 5.33. The number of hydrogen-bond donors (Lipinski definition) is 1. The van der Waals surface area contributed by atoms with Gasteiger partial charge in [0.05, 0.1) is 11.5 Å². The summed E-state index contributed by atoms with van der Waals surface area (Å²) in [6.45, 7) is 2.55. The van der Waals surface area contributed by atoms with Crippen molar-refractivity contribution in [2.75, 3.05) is 18.0 Å². The van der Waals surface area contributed by atoms with Gasteiger partial charge in [-0.1, -0.05) is 24.3 Å². The molecule has 1 aliphatic heterocycles. The summed E-state index contributed by atoms with van der Waals surface area (Å²) in [6.07, 6.45) is 5.66. The number of nitro groups is 1. The van der Waals surface area contributed by atoms with Crippen LogP contribution in [0.25, 0.3) is 0 Å². The van der Waals surface area contributed by atoms with E-state index in [9.17, 15) is 14.9 Å². The lowest BCUT2D eigenvalue weighted by Crippen LogP contribution is -2.24. The fourth-order valence-corrected chi connectivity index (χ4v) is 3.77. The molecule has 0 aliphatic carbocycles. The van der Waals surface area contributed by atoms with Crippen LogP contribution < -0.4 is 10.2 Å². The molecule has 0 radical (unpaired) electrons. The Morgan fingerprint density at radius 1 is 1.10 bits per heavy atom. The number of hydrogen-bond acceptors (Lipinski definition) is 5. The quantitative estimate of drug-likeness (QED) is 0.480. The Bertz CT molecular complexity index is 1040. The monoisotopic (exact) mass is 405 g/mol. The first-order valence-corrected chi connectivity index (χ1v) is 9.97. The fraction of sp³-hybridized carbons (Fsp3) is 0.273. The predicted molar refractivity (Wildman–Crippen MR) is 113 cm³/mol. The molecule has 2 aromatic carbocycles. The summed E-state index contributed by atoms with van der Waals surface area (Å²) < 4.78 is 1.82. The molecule has 0 bridgehead atoms. The van der Waals surface area contributed by atoms with E-state index >= 15 is 0 Å². The van der Waals surface area contributed by atoms with E-state index in [0.29, 0.717) is 18.8 Å². The summed E-state index contributed by atoms with van der Waals surface area (Å²) >= 11 is 0. The zero-order valence-corrected chi connectivity index (χ0v) is 16.5. The third-order valence-electron chi connectivity index (χ3n) is 5.33. The standard InChI is InChI=1S/C22H23N5O3/c28-22(17-8-9-20(21(14-17)27(29)30)25-11-3-4-12-25)23-15-18-6-1-2-7-19(18)16-26-13-5-10-24-26/h1-2,5-10,13-14H,3-4,11-12,15-16H2,(H,23,28). The topological polar surface area (TPSA) is 93.3 Å². The molecule has 2 heterocycles. The molecular weight excluding hydrogens is 382 g/mol. The molecule has 1 N–H and O–H groups in total. The number of nitrogens with one attached hydrogen (secondary N) is 1. The van der Waals surface area contributed by atoms with Crippen molar-refractivity contribution in [3.05, 3.63) is 87.7 Å². The van der Waals surface area contributed by atoms with E-state index in [1.165, 1.54) is 6.07 Å². The third kappa shape index (κ3) is 4.32. The van der Waals surface area contributed by atoms with Crippen LogP contribution in [0.5, 0.6) is 0 Å². The minimum absolute atomic E-state index is 0.0244. The Balaban J connectivity index is 1.48. The van der Waals surface area contributed by atoms with Crippen molar-refractivity contribution < 1.29 is 9.72 Å². The molecular formula is C22H23N5O3. The summed E-state index contributed by atoms with van der Waals surface area (Å²) in [4.78, 5) is 25.8. The summed E-state index contributed by atoms with van der Waals surface area (Å²) in [5.41, 5.74) is 2.87. The zero-order chi connectivity index (χ0) is 20.9. The number of benzene rings is 2. The van der Waals surface area contributed by atoms with Crippen LogP contribution in [0.3, 0.4) is 0 Å². The Morgan fingerprint density at radius 2 is 1.87 bits per heavy atom. The average Bonchev–Trinajstić information content (AvgIpc) is 3.47. The van der Waals surface area contributed by atoms with Crippen molar-refractivity contribution in [1.29, 1.82) is 0 Å². The number of anilines is 1. The Hall–Kier alpha value is -3.68. The number of nitrogens with zero attached hydrogens (tertiary/aromatic N) is 4. The number of carbonyl (C=O) groups is 1. The van der Waals surface area contributed by atoms with Crippen molar-refractivity contribution in [3.63, 3.8) is 0 Å². The number of rotatable bonds is 7. The first-order valence-electron chi connectivity index (χ1n) is 9.97. The highest BCUT2D eigenvalue weighted by molar-refractivity contribution is 5.95. The van der Waals surface area contributed by atoms with E-state index in [2.05, 4.69) is 10.4 Å². The van der Waals surface area contributed by atoms with Gasteiger partial charge in [-0.25, -0.2) is 0 Å². The highest BCUT2D eigenvalue weighted by Gasteiger charge is 2.23. The van der Waals surface area contributed by atoms with Gasteiger partial charge in [0.1, 0.15) is 5.69 Å². The average molecular weight is 405 g/mol. The van der Waals surface area contributed by atoms with Gasteiger partial charge in [0.15, 0.2) is 0 Å². The number of nitro benzene ring substituents is 1. The Kier molecular flexibility index (Phi) is 5.74. The van der Waals surface area contributed by atoms with E-state index in [1.54, 1.807) is 18.3 Å². The van der Waals surface area contributed by atoms with Gasteiger partial charge < -0.3 is 10.2 Å². The first-order chi connectivity index (χ1) is 14.6. The molecule has 30 heavy (non-hydrogen) atoms. The SMILES string of the molecule is O=C(NCc1ccccc1Cn1cccn1)c1ccc(N2CCCC2)c([N+](=O)[O-])c1. The van der Waals surface area contributed by atoms with E-state index in [4.69, 9.17) is 0 Å². The molecule has 154 valence electrons. The van der Waals surface area contributed by atoms with Crippen LogP contribution in [-0.2, 0) is 13.1 Å². The second-order valence-corrected chi connectivity index (χ2v) is 7.31. The first kappa shape index (κ1) is 19.6. The lowest BCUT2D eigenvalue weighted by molar-refractivity contribution is -0.384. The van der Waals surface area contributed by atoms with E-state index in [1.807, 2.05) is 46.1 Å². The molecule has 0 atom stereocenters. The molecule has 3 aromatic rings. The van der Waals surface area contributed by atoms with Crippen molar-refractivity contribution in [1.82, 2.24) is 15.1 Å². The second-order valence-electron chi connectivity index (χ2n) is 7.31. The van der Waals surface area contributed by atoms with Crippen LogP contribution in [0.2, 0.25) is 0 Å². The molecule has 4 rings (SSSR count). The number of carbonyl (C=O) groups excluding carboxylic acids is 1. The van der Waals surface area contributed by atoms with Gasteiger partial charge in [-0.05, 0) is 42.2 Å². The molecule has 8 nitrogen and oxygen atoms in total. The minimum Gasteiger partial charge on any atom is -0.366 e. The van der Waals surface area contributed by atoms with E-state index in [-0.39, 0.29) is 17.2 Å². The largest absolute Gasteiger partial charge is 0.366 e. The van der Waals surface area contributed by atoms with Crippen LogP contribution in [0.4, 0.5) is 11.4 Å². The normalized spacial score (nSPS) is 13.4. The van der Waals surface area contributed by atoms with Gasteiger partial charge in [-0.2, -0.15) is 5.10 Å². The van der Waals surface area contributed by atoms with E-state index in [0.717, 1.165) is 37.1 Å². The van der Waals surface area contributed by atoms with Crippen LogP contribution in [0.15, 0.2) is 60.9 Å². The molecule has 1 aromatic heterocycles.